The van der Waals surface area contributed by atoms with Crippen molar-refractivity contribution in [3.05, 3.63) is 41.3 Å². The van der Waals surface area contributed by atoms with E-state index in [-0.39, 0.29) is 18.5 Å². The van der Waals surface area contributed by atoms with Crippen molar-refractivity contribution in [2.45, 2.75) is 58.5 Å². The zero-order valence-electron chi connectivity index (χ0n) is 19.3. The molecule has 31 heavy (non-hydrogen) atoms. The highest BCUT2D eigenvalue weighted by atomic mass is 32.2. The van der Waals surface area contributed by atoms with Crippen LogP contribution in [0.15, 0.2) is 29.3 Å². The Labute approximate surface area is 190 Å². The lowest BCUT2D eigenvalue weighted by molar-refractivity contribution is 0.0343. The van der Waals surface area contributed by atoms with E-state index in [4.69, 9.17) is 19.0 Å². The number of carbonyl (C=O) groups is 1. The van der Waals surface area contributed by atoms with Gasteiger partial charge < -0.3 is 18.6 Å². The summed E-state index contributed by atoms with van der Waals surface area (Å²) in [5.74, 6) is 0.616. The predicted octanol–water partition coefficient (Wildman–Crippen LogP) is 3.94. The minimum Gasteiger partial charge on any atom is -0.461 e. The van der Waals surface area contributed by atoms with E-state index in [1.165, 1.54) is 11.8 Å². The Morgan fingerprint density at radius 3 is 2.48 bits per heavy atom. The van der Waals surface area contributed by atoms with Gasteiger partial charge in [0.05, 0.1) is 6.61 Å². The molecule has 3 rings (SSSR count). The molecule has 2 heterocycles. The highest BCUT2D eigenvalue weighted by Gasteiger charge is 2.33. The minimum atomic E-state index is -0.325. The summed E-state index contributed by atoms with van der Waals surface area (Å²) < 4.78 is 19.1. The van der Waals surface area contributed by atoms with E-state index in [1.807, 2.05) is 29.9 Å². The molecule has 1 aliphatic rings. The summed E-state index contributed by atoms with van der Waals surface area (Å²) in [5.41, 5.74) is 2.69. The van der Waals surface area contributed by atoms with Gasteiger partial charge in [-0.25, -0.2) is 9.78 Å². The standard InChI is InChI=1S/C23H33BN2O4S/c1-6-8-9-19-25-21(31-5)20(22(27)28-7-2)26(19)14-17-10-12-18(13-11-17)24-29-15-23(3,4)16-30-24/h10-13H,6-9,14-16H2,1-5H3. The van der Waals surface area contributed by atoms with Gasteiger partial charge in [0.15, 0.2) is 5.69 Å². The number of hydrogen-bond donors (Lipinski definition) is 0. The number of aryl methyl sites for hydroxylation is 1. The molecule has 0 amide bonds. The molecule has 1 saturated heterocycles. The molecule has 0 bridgehead atoms. The van der Waals surface area contributed by atoms with Crippen LogP contribution in [-0.4, -0.2) is 48.7 Å². The number of esters is 1. The van der Waals surface area contributed by atoms with Crippen molar-refractivity contribution in [2.75, 3.05) is 26.1 Å². The molecule has 0 atom stereocenters. The Bertz CT molecular complexity index is 872. The van der Waals surface area contributed by atoms with Crippen LogP contribution in [0, 0.1) is 5.41 Å². The molecule has 0 spiro atoms. The number of carbonyl (C=O) groups excluding carboxylic acids is 1. The first-order valence-corrected chi connectivity index (χ1v) is 12.2. The molecular weight excluding hydrogens is 411 g/mol. The van der Waals surface area contributed by atoms with Crippen LogP contribution in [0.2, 0.25) is 0 Å². The largest absolute Gasteiger partial charge is 0.493 e. The molecule has 0 aliphatic carbocycles. The van der Waals surface area contributed by atoms with Crippen molar-refractivity contribution >= 4 is 30.3 Å². The Morgan fingerprint density at radius 1 is 1.23 bits per heavy atom. The SMILES string of the molecule is CCCCc1nc(SC)c(C(=O)OCC)n1Cc1ccc(B2OCC(C)(C)CO2)cc1. The molecule has 0 radical (unpaired) electrons. The summed E-state index contributed by atoms with van der Waals surface area (Å²) in [6, 6.07) is 8.22. The second-order valence-corrected chi connectivity index (χ2v) is 9.45. The van der Waals surface area contributed by atoms with Gasteiger partial charge in [-0.2, -0.15) is 0 Å². The van der Waals surface area contributed by atoms with E-state index in [0.29, 0.717) is 32.1 Å². The molecule has 1 aliphatic heterocycles. The maximum atomic E-state index is 12.7. The van der Waals surface area contributed by atoms with Gasteiger partial charge in [-0.15, -0.1) is 11.8 Å². The lowest BCUT2D eigenvalue weighted by Crippen LogP contribution is -2.47. The summed E-state index contributed by atoms with van der Waals surface area (Å²) in [5, 5.41) is 0.729. The lowest BCUT2D eigenvalue weighted by Gasteiger charge is -2.33. The maximum Gasteiger partial charge on any atom is 0.493 e. The zero-order chi connectivity index (χ0) is 22.4. The number of unbranched alkanes of at least 4 members (excludes halogenated alkanes) is 1. The Morgan fingerprint density at radius 2 is 1.90 bits per heavy atom. The van der Waals surface area contributed by atoms with E-state index >= 15 is 0 Å². The quantitative estimate of drug-likeness (QED) is 0.332. The van der Waals surface area contributed by atoms with E-state index in [9.17, 15) is 4.79 Å². The van der Waals surface area contributed by atoms with Gasteiger partial charge in [0.1, 0.15) is 10.9 Å². The van der Waals surface area contributed by atoms with Gasteiger partial charge in [-0.3, -0.25) is 0 Å². The molecule has 168 valence electrons. The first-order valence-electron chi connectivity index (χ1n) is 11.0. The topological polar surface area (TPSA) is 62.6 Å². The van der Waals surface area contributed by atoms with Crippen molar-refractivity contribution in [3.8, 4) is 0 Å². The van der Waals surface area contributed by atoms with E-state index in [0.717, 1.165) is 41.1 Å². The summed E-state index contributed by atoms with van der Waals surface area (Å²) in [6.07, 6.45) is 4.88. The molecule has 1 aromatic heterocycles. The molecule has 6 nitrogen and oxygen atoms in total. The molecule has 2 aromatic rings. The van der Waals surface area contributed by atoms with Gasteiger partial charge in [-0.1, -0.05) is 51.5 Å². The number of benzene rings is 1. The number of hydrogen-bond acceptors (Lipinski definition) is 6. The van der Waals surface area contributed by atoms with Crippen molar-refractivity contribution in [1.82, 2.24) is 9.55 Å². The van der Waals surface area contributed by atoms with Crippen LogP contribution in [0.5, 0.6) is 0 Å². The third-order valence-electron chi connectivity index (χ3n) is 5.27. The van der Waals surface area contributed by atoms with Crippen LogP contribution in [-0.2, 0) is 27.0 Å². The highest BCUT2D eigenvalue weighted by Crippen LogP contribution is 2.25. The fourth-order valence-corrected chi connectivity index (χ4v) is 4.14. The first-order chi connectivity index (χ1) is 14.9. The molecule has 0 saturated carbocycles. The smallest absolute Gasteiger partial charge is 0.461 e. The van der Waals surface area contributed by atoms with Crippen LogP contribution in [0.4, 0.5) is 0 Å². The normalized spacial score (nSPS) is 15.8. The number of ether oxygens (including phenoxy) is 1. The second kappa shape index (κ2) is 10.7. The van der Waals surface area contributed by atoms with Crippen LogP contribution in [0.3, 0.4) is 0 Å². The van der Waals surface area contributed by atoms with Crippen molar-refractivity contribution in [1.29, 1.82) is 0 Å². The zero-order valence-corrected chi connectivity index (χ0v) is 20.1. The number of rotatable bonds is 9. The van der Waals surface area contributed by atoms with Gasteiger partial charge in [0.2, 0.25) is 0 Å². The van der Waals surface area contributed by atoms with Crippen LogP contribution < -0.4 is 5.46 Å². The Hall–Kier alpha value is -1.77. The van der Waals surface area contributed by atoms with Crippen LogP contribution >= 0.6 is 11.8 Å². The van der Waals surface area contributed by atoms with E-state index in [2.05, 4.69) is 32.9 Å². The third kappa shape index (κ3) is 5.93. The molecule has 0 N–H and O–H groups in total. The van der Waals surface area contributed by atoms with Gasteiger partial charge in [-0.05, 0) is 30.6 Å². The Balaban J connectivity index is 1.83. The fraction of sp³-hybridized carbons (Fsp3) is 0.565. The predicted molar refractivity (Wildman–Crippen MR) is 125 cm³/mol. The van der Waals surface area contributed by atoms with Gasteiger partial charge in [0, 0.05) is 31.6 Å². The van der Waals surface area contributed by atoms with Crippen molar-refractivity contribution < 1.29 is 18.8 Å². The van der Waals surface area contributed by atoms with Crippen molar-refractivity contribution in [2.24, 2.45) is 5.41 Å². The number of thioether (sulfide) groups is 1. The molecule has 1 fully saturated rings. The van der Waals surface area contributed by atoms with Crippen LogP contribution in [0.1, 0.15) is 62.4 Å². The molecule has 8 heteroatoms. The Kier molecular flexibility index (Phi) is 8.25. The average Bonchev–Trinajstić information content (AvgIpc) is 3.10. The summed E-state index contributed by atoms with van der Waals surface area (Å²) in [6.45, 7) is 10.5. The average molecular weight is 444 g/mol. The van der Waals surface area contributed by atoms with E-state index in [1.54, 1.807) is 0 Å². The summed E-state index contributed by atoms with van der Waals surface area (Å²) in [4.78, 5) is 17.5. The molecular formula is C23H33BN2O4S. The summed E-state index contributed by atoms with van der Waals surface area (Å²) in [7, 11) is -0.325. The number of aromatic nitrogens is 2. The lowest BCUT2D eigenvalue weighted by atomic mass is 9.76. The van der Waals surface area contributed by atoms with Gasteiger partial charge in [0.25, 0.3) is 0 Å². The highest BCUT2D eigenvalue weighted by molar-refractivity contribution is 7.98. The second-order valence-electron chi connectivity index (χ2n) is 8.66. The van der Waals surface area contributed by atoms with E-state index < -0.39 is 0 Å². The maximum absolute atomic E-state index is 12.7. The summed E-state index contributed by atoms with van der Waals surface area (Å²) >= 11 is 1.48. The monoisotopic (exact) mass is 444 g/mol. The minimum absolute atomic E-state index is 0.0469. The first kappa shape index (κ1) is 23.9. The number of nitrogens with zero attached hydrogens (tertiary/aromatic N) is 2. The molecule has 1 aromatic carbocycles. The molecule has 0 unspecified atom stereocenters. The fourth-order valence-electron chi connectivity index (χ4n) is 3.56. The number of imidazole rings is 1. The van der Waals surface area contributed by atoms with Crippen molar-refractivity contribution in [3.63, 3.8) is 0 Å². The van der Waals surface area contributed by atoms with Gasteiger partial charge >= 0.3 is 13.1 Å². The van der Waals surface area contributed by atoms with Crippen LogP contribution in [0.25, 0.3) is 0 Å². The third-order valence-corrected chi connectivity index (χ3v) is 5.95.